The zero-order valence-electron chi connectivity index (χ0n) is 9.68. The molecule has 0 saturated heterocycles. The third kappa shape index (κ3) is 2.82. The van der Waals surface area contributed by atoms with E-state index in [1.807, 2.05) is 48.3 Å². The third-order valence-corrected chi connectivity index (χ3v) is 3.20. The van der Waals surface area contributed by atoms with Gasteiger partial charge in [0.15, 0.2) is 0 Å². The average molecular weight is 247 g/mol. The van der Waals surface area contributed by atoms with Crippen molar-refractivity contribution in [2.24, 2.45) is 12.1 Å². The quantitative estimate of drug-likeness (QED) is 0.655. The fraction of sp³-hybridized carbons (Fsp3) is 0.167. The highest BCUT2D eigenvalue weighted by molar-refractivity contribution is 7.10. The van der Waals surface area contributed by atoms with E-state index in [9.17, 15) is 4.79 Å². The number of hydrazone groups is 1. The predicted octanol–water partition coefficient (Wildman–Crippen LogP) is 2.16. The van der Waals surface area contributed by atoms with Crippen LogP contribution in [0.4, 0.5) is 0 Å². The molecule has 5 heteroatoms. The molecule has 0 atom stereocenters. The van der Waals surface area contributed by atoms with Gasteiger partial charge in [0.2, 0.25) is 0 Å². The van der Waals surface area contributed by atoms with Crippen molar-refractivity contribution in [3.8, 4) is 0 Å². The number of aryl methyl sites for hydroxylation is 2. The summed E-state index contributed by atoms with van der Waals surface area (Å²) in [5.74, 6) is -0.181. The zero-order valence-corrected chi connectivity index (χ0v) is 10.5. The van der Waals surface area contributed by atoms with E-state index in [4.69, 9.17) is 0 Å². The van der Waals surface area contributed by atoms with E-state index in [0.29, 0.717) is 5.56 Å². The highest BCUT2D eigenvalue weighted by Crippen LogP contribution is 2.12. The molecule has 0 fully saturated rings. The van der Waals surface area contributed by atoms with Gasteiger partial charge < -0.3 is 4.57 Å². The molecule has 0 bridgehead atoms. The third-order valence-electron chi connectivity index (χ3n) is 2.34. The molecule has 2 aromatic heterocycles. The molecule has 0 aliphatic carbocycles. The minimum Gasteiger partial charge on any atom is -0.350 e. The molecular formula is C12H13N3OS. The molecular weight excluding hydrogens is 234 g/mol. The molecule has 0 spiro atoms. The van der Waals surface area contributed by atoms with Crippen LogP contribution in [-0.4, -0.2) is 16.7 Å². The topological polar surface area (TPSA) is 46.4 Å². The van der Waals surface area contributed by atoms with Crippen LogP contribution in [0.3, 0.4) is 0 Å². The number of rotatable bonds is 3. The van der Waals surface area contributed by atoms with Crippen LogP contribution in [0.2, 0.25) is 0 Å². The van der Waals surface area contributed by atoms with E-state index in [1.165, 1.54) is 0 Å². The molecule has 1 N–H and O–H groups in total. The number of amides is 1. The largest absolute Gasteiger partial charge is 0.350 e. The Balaban J connectivity index is 1.97. The summed E-state index contributed by atoms with van der Waals surface area (Å²) in [5.41, 5.74) is 4.09. The smallest absolute Gasteiger partial charge is 0.272 e. The summed E-state index contributed by atoms with van der Waals surface area (Å²) in [7, 11) is 1.92. The molecule has 0 aliphatic rings. The van der Waals surface area contributed by atoms with E-state index in [2.05, 4.69) is 10.5 Å². The van der Waals surface area contributed by atoms with Crippen molar-refractivity contribution in [2.45, 2.75) is 6.92 Å². The van der Waals surface area contributed by atoms with Crippen LogP contribution in [-0.2, 0) is 7.05 Å². The van der Waals surface area contributed by atoms with E-state index in [-0.39, 0.29) is 5.91 Å². The van der Waals surface area contributed by atoms with Crippen LogP contribution < -0.4 is 5.43 Å². The number of carbonyl (C=O) groups excluding carboxylic acids is 1. The van der Waals surface area contributed by atoms with Crippen molar-refractivity contribution in [1.29, 1.82) is 0 Å². The van der Waals surface area contributed by atoms with Gasteiger partial charge in [-0.05, 0) is 25.1 Å². The van der Waals surface area contributed by atoms with Crippen LogP contribution in [0.15, 0.2) is 34.9 Å². The minimum absolute atomic E-state index is 0.181. The maximum atomic E-state index is 11.6. The molecule has 0 aromatic carbocycles. The van der Waals surface area contributed by atoms with Crippen LogP contribution >= 0.6 is 11.3 Å². The summed E-state index contributed by atoms with van der Waals surface area (Å²) in [5, 5.41) is 5.74. The Hall–Kier alpha value is -1.88. The van der Waals surface area contributed by atoms with E-state index in [0.717, 1.165) is 10.6 Å². The molecule has 88 valence electrons. The lowest BCUT2D eigenvalue weighted by Crippen LogP contribution is -2.17. The Morgan fingerprint density at radius 2 is 2.41 bits per heavy atom. The molecule has 17 heavy (non-hydrogen) atoms. The number of aromatic nitrogens is 1. The summed E-state index contributed by atoms with van der Waals surface area (Å²) < 4.78 is 1.92. The number of nitrogens with zero attached hydrogens (tertiary/aromatic N) is 2. The first-order chi connectivity index (χ1) is 8.16. The summed E-state index contributed by atoms with van der Waals surface area (Å²) in [6.07, 6.45) is 3.54. The second kappa shape index (κ2) is 4.97. The maximum absolute atomic E-state index is 11.6. The van der Waals surface area contributed by atoms with Gasteiger partial charge in [0.05, 0.1) is 17.5 Å². The number of nitrogens with one attached hydrogen (secondary N) is 1. The monoisotopic (exact) mass is 247 g/mol. The molecule has 4 nitrogen and oxygen atoms in total. The summed E-state index contributed by atoms with van der Waals surface area (Å²) in [6.45, 7) is 1.97. The van der Waals surface area contributed by atoms with Crippen molar-refractivity contribution in [3.63, 3.8) is 0 Å². The average Bonchev–Trinajstić information content (AvgIpc) is 2.88. The van der Waals surface area contributed by atoms with Crippen LogP contribution in [0.1, 0.15) is 20.9 Å². The Bertz CT molecular complexity index is 554. The number of carbonyl (C=O) groups is 1. The molecule has 0 saturated carbocycles. The normalized spacial score (nSPS) is 10.9. The second-order valence-corrected chi connectivity index (χ2v) is 4.80. The Kier molecular flexibility index (Phi) is 3.39. The van der Waals surface area contributed by atoms with E-state index < -0.39 is 0 Å². The van der Waals surface area contributed by atoms with Gasteiger partial charge in [-0.2, -0.15) is 5.10 Å². The first-order valence-electron chi connectivity index (χ1n) is 5.16. The van der Waals surface area contributed by atoms with Crippen molar-refractivity contribution >= 4 is 23.5 Å². The lowest BCUT2D eigenvalue weighted by Gasteiger charge is -1.97. The van der Waals surface area contributed by atoms with Crippen molar-refractivity contribution in [2.75, 3.05) is 0 Å². The molecule has 0 radical (unpaired) electrons. The lowest BCUT2D eigenvalue weighted by atomic mass is 10.3. The Morgan fingerprint density at radius 1 is 1.59 bits per heavy atom. The molecule has 1 amide bonds. The first-order valence-corrected chi connectivity index (χ1v) is 6.04. The lowest BCUT2D eigenvalue weighted by molar-refractivity contribution is 0.0955. The number of hydrogen-bond donors (Lipinski definition) is 1. The van der Waals surface area contributed by atoms with Gasteiger partial charge in [0, 0.05) is 23.5 Å². The minimum atomic E-state index is -0.181. The molecule has 0 aliphatic heterocycles. The first kappa shape index (κ1) is 11.6. The summed E-state index contributed by atoms with van der Waals surface area (Å²) >= 11 is 1.55. The highest BCUT2D eigenvalue weighted by Gasteiger charge is 2.05. The van der Waals surface area contributed by atoms with Gasteiger partial charge in [-0.3, -0.25) is 4.79 Å². The van der Waals surface area contributed by atoms with Crippen LogP contribution in [0.25, 0.3) is 0 Å². The number of hydrogen-bond acceptors (Lipinski definition) is 3. The van der Waals surface area contributed by atoms with Gasteiger partial charge in [-0.1, -0.05) is 0 Å². The van der Waals surface area contributed by atoms with Crippen LogP contribution in [0.5, 0.6) is 0 Å². The summed E-state index contributed by atoms with van der Waals surface area (Å²) in [6, 6.07) is 5.69. The fourth-order valence-electron chi connectivity index (χ4n) is 1.39. The Labute approximate surface area is 104 Å². The molecule has 0 unspecified atom stereocenters. The van der Waals surface area contributed by atoms with Gasteiger partial charge in [0.25, 0.3) is 5.91 Å². The van der Waals surface area contributed by atoms with Gasteiger partial charge in [-0.25, -0.2) is 5.43 Å². The van der Waals surface area contributed by atoms with Crippen molar-refractivity contribution < 1.29 is 4.79 Å². The van der Waals surface area contributed by atoms with Crippen molar-refractivity contribution in [1.82, 2.24) is 9.99 Å². The fourth-order valence-corrected chi connectivity index (χ4v) is 2.08. The number of thiophene rings is 1. The molecule has 2 aromatic rings. The predicted molar refractivity (Wildman–Crippen MR) is 69.5 cm³/mol. The molecule has 2 heterocycles. The van der Waals surface area contributed by atoms with Crippen LogP contribution in [0, 0.1) is 6.92 Å². The highest BCUT2D eigenvalue weighted by atomic mass is 32.1. The van der Waals surface area contributed by atoms with Gasteiger partial charge in [-0.15, -0.1) is 11.3 Å². The standard InChI is InChI=1S/C12H13N3OS/c1-9-6-10(8-17-9)12(16)14-13-7-11-4-3-5-15(11)2/h3-8H,1-2H3,(H,14,16)/b13-7+. The summed E-state index contributed by atoms with van der Waals surface area (Å²) in [4.78, 5) is 12.8. The Morgan fingerprint density at radius 3 is 3.00 bits per heavy atom. The zero-order chi connectivity index (χ0) is 12.3. The SMILES string of the molecule is Cc1cc(C(=O)N/N=C/c2cccn2C)cs1. The van der Waals surface area contributed by atoms with E-state index in [1.54, 1.807) is 17.6 Å². The molecule has 2 rings (SSSR count). The van der Waals surface area contributed by atoms with Crippen molar-refractivity contribution in [3.05, 3.63) is 45.9 Å². The van der Waals surface area contributed by atoms with Gasteiger partial charge >= 0.3 is 0 Å². The second-order valence-electron chi connectivity index (χ2n) is 3.69. The van der Waals surface area contributed by atoms with Gasteiger partial charge in [0.1, 0.15) is 0 Å². The van der Waals surface area contributed by atoms with E-state index >= 15 is 0 Å². The maximum Gasteiger partial charge on any atom is 0.272 e.